The zero-order valence-corrected chi connectivity index (χ0v) is 6.07. The van der Waals surface area contributed by atoms with E-state index in [-0.39, 0.29) is 0 Å². The summed E-state index contributed by atoms with van der Waals surface area (Å²) in [6.07, 6.45) is 0. The van der Waals surface area contributed by atoms with Crippen molar-refractivity contribution in [3.8, 4) is 0 Å². The smallest absolute Gasteiger partial charge is 0.331 e. The number of nitrogens with zero attached hydrogens (tertiary/aromatic N) is 1. The summed E-state index contributed by atoms with van der Waals surface area (Å²) in [6.45, 7) is 1.59. The second-order valence-electron chi connectivity index (χ2n) is 1.42. The van der Waals surface area contributed by atoms with E-state index >= 15 is 0 Å². The van der Waals surface area contributed by atoms with Crippen molar-refractivity contribution >= 4 is 23.3 Å². The van der Waals surface area contributed by atoms with Crippen molar-refractivity contribution in [3.05, 3.63) is 0 Å². The number of hydrogen-bond acceptors (Lipinski definition) is 4. The summed E-state index contributed by atoms with van der Waals surface area (Å²) in [5.74, 6) is -0.396. The lowest BCUT2D eigenvalue weighted by Gasteiger charge is -1.98. The number of hydrogen-bond donors (Lipinski definition) is 0. The molecular formula is C5H7NO2S. The lowest BCUT2D eigenvalue weighted by molar-refractivity contribution is -0.141. The molecule has 0 heterocycles. The maximum atomic E-state index is 10.5. The summed E-state index contributed by atoms with van der Waals surface area (Å²) in [4.78, 5) is 14.0. The number of carbonyl (C=O) groups is 1. The largest absolute Gasteiger partial charge is 0.467 e. The Morgan fingerprint density at radius 2 is 2.44 bits per heavy atom. The van der Waals surface area contributed by atoms with Crippen LogP contribution < -0.4 is 0 Å². The van der Waals surface area contributed by atoms with Gasteiger partial charge in [-0.15, -0.1) is 0 Å². The Balaban J connectivity index is 3.87. The third-order valence-electron chi connectivity index (χ3n) is 0.789. The molecule has 0 saturated carbocycles. The van der Waals surface area contributed by atoms with Crippen molar-refractivity contribution in [2.24, 2.45) is 4.99 Å². The first-order valence-corrected chi connectivity index (χ1v) is 2.78. The van der Waals surface area contributed by atoms with Gasteiger partial charge in [-0.05, 0) is 19.1 Å². The van der Waals surface area contributed by atoms with E-state index in [2.05, 4.69) is 27.1 Å². The Bertz CT molecular complexity index is 151. The molecule has 0 fully saturated rings. The molecule has 0 aromatic carbocycles. The molecule has 0 saturated heterocycles. The predicted octanol–water partition coefficient (Wildman–Crippen LogP) is 0.651. The maximum absolute atomic E-state index is 10.5. The summed E-state index contributed by atoms with van der Waals surface area (Å²) in [5.41, 5.74) is 0. The van der Waals surface area contributed by atoms with E-state index in [1.807, 2.05) is 0 Å². The van der Waals surface area contributed by atoms with Crippen LogP contribution in [0.15, 0.2) is 4.99 Å². The highest BCUT2D eigenvalue weighted by molar-refractivity contribution is 7.78. The van der Waals surface area contributed by atoms with Crippen molar-refractivity contribution in [1.82, 2.24) is 0 Å². The summed E-state index contributed by atoms with van der Waals surface area (Å²) < 4.78 is 4.35. The molecule has 0 rings (SSSR count). The van der Waals surface area contributed by atoms with Gasteiger partial charge in [0.15, 0.2) is 6.04 Å². The topological polar surface area (TPSA) is 38.7 Å². The predicted molar refractivity (Wildman–Crippen MR) is 36.5 cm³/mol. The van der Waals surface area contributed by atoms with Crippen LogP contribution in [0.25, 0.3) is 0 Å². The van der Waals surface area contributed by atoms with Gasteiger partial charge in [0.2, 0.25) is 0 Å². The van der Waals surface area contributed by atoms with Gasteiger partial charge in [-0.25, -0.2) is 9.79 Å². The average molecular weight is 145 g/mol. The first kappa shape index (κ1) is 8.27. The third-order valence-corrected chi connectivity index (χ3v) is 0.894. The van der Waals surface area contributed by atoms with E-state index in [0.717, 1.165) is 0 Å². The quantitative estimate of drug-likeness (QED) is 0.325. The van der Waals surface area contributed by atoms with E-state index in [0.29, 0.717) is 0 Å². The molecule has 0 aliphatic heterocycles. The van der Waals surface area contributed by atoms with Gasteiger partial charge in [0.1, 0.15) is 0 Å². The molecule has 9 heavy (non-hydrogen) atoms. The Kier molecular flexibility index (Phi) is 3.84. The van der Waals surface area contributed by atoms with Gasteiger partial charge in [-0.2, -0.15) is 0 Å². The van der Waals surface area contributed by atoms with Crippen molar-refractivity contribution in [2.75, 3.05) is 7.11 Å². The number of methoxy groups -OCH3 is 1. The van der Waals surface area contributed by atoms with E-state index in [1.165, 1.54) is 7.11 Å². The molecule has 0 radical (unpaired) electrons. The molecule has 0 aliphatic rings. The SMILES string of the molecule is COC(=O)[C@@H](C)N=C=S. The van der Waals surface area contributed by atoms with Crippen molar-refractivity contribution in [3.63, 3.8) is 0 Å². The first-order chi connectivity index (χ1) is 4.22. The average Bonchev–Trinajstić information content (AvgIpc) is 1.87. The van der Waals surface area contributed by atoms with Gasteiger partial charge >= 0.3 is 5.97 Å². The number of carbonyl (C=O) groups excluding carboxylic acids is 1. The van der Waals surface area contributed by atoms with Crippen LogP contribution in [0.4, 0.5) is 0 Å². The van der Waals surface area contributed by atoms with Crippen molar-refractivity contribution < 1.29 is 9.53 Å². The highest BCUT2D eigenvalue weighted by Crippen LogP contribution is 1.89. The lowest BCUT2D eigenvalue weighted by Crippen LogP contribution is -2.15. The van der Waals surface area contributed by atoms with Crippen LogP contribution >= 0.6 is 12.2 Å². The molecule has 0 spiro atoms. The standard InChI is InChI=1S/C5H7NO2S/c1-4(6-3-9)5(7)8-2/h4H,1-2H3/t4-/m1/s1. The Labute approximate surface area is 58.7 Å². The summed E-state index contributed by atoms with van der Waals surface area (Å²) in [6, 6.07) is -0.521. The highest BCUT2D eigenvalue weighted by atomic mass is 32.1. The number of aliphatic imine (C=N–C) groups is 1. The molecule has 0 aliphatic carbocycles. The van der Waals surface area contributed by atoms with Gasteiger partial charge in [-0.1, -0.05) is 0 Å². The van der Waals surface area contributed by atoms with E-state index in [1.54, 1.807) is 6.92 Å². The monoisotopic (exact) mass is 145 g/mol. The molecule has 0 bridgehead atoms. The Morgan fingerprint density at radius 3 is 2.78 bits per heavy atom. The fourth-order valence-electron chi connectivity index (χ4n) is 0.302. The number of esters is 1. The number of ether oxygens (including phenoxy) is 1. The minimum Gasteiger partial charge on any atom is -0.467 e. The van der Waals surface area contributed by atoms with Gasteiger partial charge < -0.3 is 4.74 Å². The van der Waals surface area contributed by atoms with Crippen molar-refractivity contribution in [1.29, 1.82) is 0 Å². The molecule has 4 heteroatoms. The molecule has 3 nitrogen and oxygen atoms in total. The van der Waals surface area contributed by atoms with Crippen LogP contribution in [0, 0.1) is 0 Å². The van der Waals surface area contributed by atoms with Crippen LogP contribution in [-0.2, 0) is 9.53 Å². The zero-order valence-electron chi connectivity index (χ0n) is 5.25. The second-order valence-corrected chi connectivity index (χ2v) is 1.60. The van der Waals surface area contributed by atoms with Gasteiger partial charge in [0.05, 0.1) is 12.3 Å². The minimum absolute atomic E-state index is 0.396. The molecule has 0 unspecified atom stereocenters. The summed E-state index contributed by atoms with van der Waals surface area (Å²) in [5, 5.41) is 2.09. The molecule has 0 N–H and O–H groups in total. The van der Waals surface area contributed by atoms with Crippen LogP contribution in [-0.4, -0.2) is 24.3 Å². The fraction of sp³-hybridized carbons (Fsp3) is 0.600. The van der Waals surface area contributed by atoms with Gasteiger partial charge in [-0.3, -0.25) is 0 Å². The van der Waals surface area contributed by atoms with Crippen LogP contribution in [0.5, 0.6) is 0 Å². The molecular weight excluding hydrogens is 138 g/mol. The fourth-order valence-corrected chi connectivity index (χ4v) is 0.460. The first-order valence-electron chi connectivity index (χ1n) is 2.37. The Hall–Kier alpha value is -0.730. The van der Waals surface area contributed by atoms with E-state index in [9.17, 15) is 4.79 Å². The lowest BCUT2D eigenvalue weighted by atomic mass is 10.4. The summed E-state index contributed by atoms with van der Waals surface area (Å²) in [7, 11) is 1.30. The maximum Gasteiger partial charge on any atom is 0.331 e. The van der Waals surface area contributed by atoms with E-state index in [4.69, 9.17) is 0 Å². The normalized spacial score (nSPS) is 11.3. The highest BCUT2D eigenvalue weighted by Gasteiger charge is 2.08. The number of thiocarbonyl (C=S) groups is 1. The third kappa shape index (κ3) is 2.95. The molecule has 0 aromatic rings. The van der Waals surface area contributed by atoms with Gasteiger partial charge in [0, 0.05) is 0 Å². The van der Waals surface area contributed by atoms with Crippen LogP contribution in [0.1, 0.15) is 6.92 Å². The van der Waals surface area contributed by atoms with Gasteiger partial charge in [0.25, 0.3) is 0 Å². The molecule has 0 aromatic heterocycles. The summed E-state index contributed by atoms with van der Waals surface area (Å²) >= 11 is 4.27. The van der Waals surface area contributed by atoms with E-state index < -0.39 is 12.0 Å². The number of isothiocyanates is 1. The van der Waals surface area contributed by atoms with Crippen LogP contribution in [0.2, 0.25) is 0 Å². The van der Waals surface area contributed by atoms with Crippen LogP contribution in [0.3, 0.4) is 0 Å². The molecule has 50 valence electrons. The molecule has 0 amide bonds. The zero-order chi connectivity index (χ0) is 7.28. The number of rotatable bonds is 2. The van der Waals surface area contributed by atoms with Crippen molar-refractivity contribution in [2.45, 2.75) is 13.0 Å². The molecule has 1 atom stereocenters. The minimum atomic E-state index is -0.521. The Morgan fingerprint density at radius 1 is 1.89 bits per heavy atom. The second kappa shape index (κ2) is 4.18.